The Balaban J connectivity index is 1.55. The molecule has 0 unspecified atom stereocenters. The van der Waals surface area contributed by atoms with E-state index in [0.29, 0.717) is 17.0 Å². The van der Waals surface area contributed by atoms with E-state index in [-0.39, 0.29) is 29.7 Å². The highest BCUT2D eigenvalue weighted by Gasteiger charge is 2.09. The fraction of sp³-hybridized carbons (Fsp3) is 0.0952. The minimum Gasteiger partial charge on any atom is -0.459 e. The van der Waals surface area contributed by atoms with Crippen molar-refractivity contribution >= 4 is 28.9 Å². The third-order valence-corrected chi connectivity index (χ3v) is 4.17. The van der Waals surface area contributed by atoms with Crippen molar-refractivity contribution in [3.8, 4) is 0 Å². The molecule has 2 aromatic carbocycles. The first-order valence-electron chi connectivity index (χ1n) is 8.94. The molecule has 2 amide bonds. The van der Waals surface area contributed by atoms with Crippen LogP contribution in [0.2, 0.25) is 0 Å². The number of hydrogen-bond donors (Lipinski definition) is 2. The standard InChI is InChI=1S/C21H18N4O5/c1-14(23-24-20(26)13-15-4-10-18(11-5-15)25(28)29)16-6-8-17(9-7-16)22-21(27)19-3-2-12-30-19/h2-12H,13H2,1H3,(H,22,27)(H,24,26)/b23-14-. The quantitative estimate of drug-likeness (QED) is 0.353. The van der Waals surface area contributed by atoms with E-state index in [1.165, 1.54) is 30.5 Å². The van der Waals surface area contributed by atoms with Gasteiger partial charge in [0.2, 0.25) is 5.91 Å². The number of amides is 2. The molecule has 0 aliphatic rings. The van der Waals surface area contributed by atoms with Crippen LogP contribution in [0.3, 0.4) is 0 Å². The van der Waals surface area contributed by atoms with Crippen LogP contribution in [-0.4, -0.2) is 22.4 Å². The molecule has 9 nitrogen and oxygen atoms in total. The smallest absolute Gasteiger partial charge is 0.291 e. The van der Waals surface area contributed by atoms with E-state index in [4.69, 9.17) is 4.42 Å². The topological polar surface area (TPSA) is 127 Å². The second-order valence-electron chi connectivity index (χ2n) is 6.34. The Bertz CT molecular complexity index is 1070. The van der Waals surface area contributed by atoms with Gasteiger partial charge in [0.25, 0.3) is 11.6 Å². The summed E-state index contributed by atoms with van der Waals surface area (Å²) in [5.74, 6) is -0.477. The van der Waals surface area contributed by atoms with Gasteiger partial charge in [-0.25, -0.2) is 5.43 Å². The third-order valence-electron chi connectivity index (χ3n) is 4.17. The molecule has 3 rings (SSSR count). The minimum atomic E-state index is -0.495. The van der Waals surface area contributed by atoms with Crippen LogP contribution in [-0.2, 0) is 11.2 Å². The Kier molecular flexibility index (Phi) is 6.33. The minimum absolute atomic E-state index is 0.0307. The summed E-state index contributed by atoms with van der Waals surface area (Å²) in [4.78, 5) is 34.2. The van der Waals surface area contributed by atoms with Gasteiger partial charge in [-0.3, -0.25) is 19.7 Å². The zero-order valence-electron chi connectivity index (χ0n) is 16.0. The summed E-state index contributed by atoms with van der Waals surface area (Å²) in [5.41, 5.74) is 5.01. The molecule has 0 saturated heterocycles. The van der Waals surface area contributed by atoms with Crippen molar-refractivity contribution in [2.45, 2.75) is 13.3 Å². The number of carbonyl (C=O) groups excluding carboxylic acids is 2. The van der Waals surface area contributed by atoms with E-state index in [1.807, 2.05) is 0 Å². The predicted octanol–water partition coefficient (Wildman–Crippen LogP) is 3.52. The number of rotatable bonds is 7. The summed E-state index contributed by atoms with van der Waals surface area (Å²) in [7, 11) is 0. The molecule has 3 aromatic rings. The summed E-state index contributed by atoms with van der Waals surface area (Å²) in [5, 5.41) is 17.4. The predicted molar refractivity (Wildman–Crippen MR) is 110 cm³/mol. The van der Waals surface area contributed by atoms with Gasteiger partial charge >= 0.3 is 0 Å². The largest absolute Gasteiger partial charge is 0.459 e. The van der Waals surface area contributed by atoms with Crippen molar-refractivity contribution in [3.05, 3.63) is 93.9 Å². The molecule has 9 heteroatoms. The van der Waals surface area contributed by atoms with Crippen molar-refractivity contribution < 1.29 is 18.9 Å². The van der Waals surface area contributed by atoms with Crippen LogP contribution in [0.4, 0.5) is 11.4 Å². The Morgan fingerprint density at radius 1 is 1.07 bits per heavy atom. The SMILES string of the molecule is C/C(=N/NC(=O)Cc1ccc([N+](=O)[O-])cc1)c1ccc(NC(=O)c2ccco2)cc1. The van der Waals surface area contributed by atoms with E-state index in [0.717, 1.165) is 5.56 Å². The maximum absolute atomic E-state index is 12.0. The number of furan rings is 1. The molecular weight excluding hydrogens is 388 g/mol. The lowest BCUT2D eigenvalue weighted by Gasteiger charge is -2.06. The summed E-state index contributed by atoms with van der Waals surface area (Å²) in [6.45, 7) is 1.74. The maximum Gasteiger partial charge on any atom is 0.291 e. The number of nitro benzene ring substituents is 1. The highest BCUT2D eigenvalue weighted by Crippen LogP contribution is 2.13. The monoisotopic (exact) mass is 406 g/mol. The molecule has 2 N–H and O–H groups in total. The zero-order chi connectivity index (χ0) is 21.5. The third kappa shape index (κ3) is 5.38. The van der Waals surface area contributed by atoms with Crippen LogP contribution in [0, 0.1) is 10.1 Å². The molecule has 30 heavy (non-hydrogen) atoms. The van der Waals surface area contributed by atoms with Gasteiger partial charge in [-0.1, -0.05) is 24.3 Å². The molecule has 1 aromatic heterocycles. The molecular formula is C21H18N4O5. The number of hydrogen-bond acceptors (Lipinski definition) is 6. The fourth-order valence-corrected chi connectivity index (χ4v) is 2.57. The van der Waals surface area contributed by atoms with Crippen molar-refractivity contribution in [1.29, 1.82) is 0 Å². The first-order chi connectivity index (χ1) is 14.4. The highest BCUT2D eigenvalue weighted by molar-refractivity contribution is 6.03. The van der Waals surface area contributed by atoms with Gasteiger partial charge in [-0.2, -0.15) is 5.10 Å². The van der Waals surface area contributed by atoms with Gasteiger partial charge < -0.3 is 9.73 Å². The van der Waals surface area contributed by atoms with Gasteiger partial charge in [0.15, 0.2) is 5.76 Å². The average Bonchev–Trinajstić information content (AvgIpc) is 3.28. The van der Waals surface area contributed by atoms with E-state index < -0.39 is 4.92 Å². The number of carbonyl (C=O) groups is 2. The second kappa shape index (κ2) is 9.28. The van der Waals surface area contributed by atoms with Crippen LogP contribution in [0.1, 0.15) is 28.6 Å². The Labute approximate surface area is 171 Å². The number of nitro groups is 1. The lowest BCUT2D eigenvalue weighted by atomic mass is 10.1. The normalized spacial score (nSPS) is 11.0. The van der Waals surface area contributed by atoms with Crippen molar-refractivity contribution in [1.82, 2.24) is 5.43 Å². The van der Waals surface area contributed by atoms with E-state index in [2.05, 4.69) is 15.8 Å². The number of anilines is 1. The molecule has 0 saturated carbocycles. The van der Waals surface area contributed by atoms with Crippen LogP contribution >= 0.6 is 0 Å². The van der Waals surface area contributed by atoms with Crippen molar-refractivity contribution in [2.24, 2.45) is 5.10 Å². The van der Waals surface area contributed by atoms with E-state index in [9.17, 15) is 19.7 Å². The molecule has 0 atom stereocenters. The number of nitrogens with one attached hydrogen (secondary N) is 2. The van der Waals surface area contributed by atoms with Gasteiger partial charge in [-0.05, 0) is 42.3 Å². The second-order valence-corrected chi connectivity index (χ2v) is 6.34. The van der Waals surface area contributed by atoms with Crippen molar-refractivity contribution in [2.75, 3.05) is 5.32 Å². The van der Waals surface area contributed by atoms with Crippen LogP contribution in [0.25, 0.3) is 0 Å². The molecule has 0 aliphatic heterocycles. The molecule has 0 spiro atoms. The summed E-state index contributed by atoms with van der Waals surface area (Å²) in [6.07, 6.45) is 1.47. The first kappa shape index (κ1) is 20.5. The Hall–Kier alpha value is -4.27. The summed E-state index contributed by atoms with van der Waals surface area (Å²) >= 11 is 0. The van der Waals surface area contributed by atoms with Gasteiger partial charge in [-0.15, -0.1) is 0 Å². The Morgan fingerprint density at radius 2 is 1.77 bits per heavy atom. The molecule has 152 valence electrons. The highest BCUT2D eigenvalue weighted by atomic mass is 16.6. The van der Waals surface area contributed by atoms with Gasteiger partial charge in [0.1, 0.15) is 0 Å². The maximum atomic E-state index is 12.0. The van der Waals surface area contributed by atoms with Gasteiger partial charge in [0.05, 0.1) is 23.3 Å². The fourth-order valence-electron chi connectivity index (χ4n) is 2.57. The lowest BCUT2D eigenvalue weighted by Crippen LogP contribution is -2.21. The van der Waals surface area contributed by atoms with E-state index in [1.54, 1.807) is 43.3 Å². The summed E-state index contributed by atoms with van der Waals surface area (Å²) < 4.78 is 5.04. The Morgan fingerprint density at radius 3 is 2.37 bits per heavy atom. The lowest BCUT2D eigenvalue weighted by molar-refractivity contribution is -0.384. The number of hydrazone groups is 1. The van der Waals surface area contributed by atoms with Crippen LogP contribution < -0.4 is 10.7 Å². The number of benzene rings is 2. The van der Waals surface area contributed by atoms with Gasteiger partial charge in [0, 0.05) is 17.8 Å². The van der Waals surface area contributed by atoms with Crippen molar-refractivity contribution in [3.63, 3.8) is 0 Å². The molecule has 0 bridgehead atoms. The van der Waals surface area contributed by atoms with Crippen LogP contribution in [0.15, 0.2) is 76.4 Å². The number of non-ortho nitro benzene ring substituents is 1. The first-order valence-corrected chi connectivity index (χ1v) is 8.94. The average molecular weight is 406 g/mol. The molecule has 0 fully saturated rings. The van der Waals surface area contributed by atoms with Crippen LogP contribution in [0.5, 0.6) is 0 Å². The number of nitrogens with zero attached hydrogens (tertiary/aromatic N) is 2. The molecule has 1 heterocycles. The zero-order valence-corrected chi connectivity index (χ0v) is 16.0. The molecule has 0 aliphatic carbocycles. The van der Waals surface area contributed by atoms with E-state index >= 15 is 0 Å². The molecule has 0 radical (unpaired) electrons. The summed E-state index contributed by atoms with van der Waals surface area (Å²) in [6, 6.07) is 15.9.